The highest BCUT2D eigenvalue weighted by Gasteiger charge is 2.37. The lowest BCUT2D eigenvalue weighted by molar-refractivity contribution is 0.168. The minimum Gasteiger partial charge on any atom is -0.507 e. The molecule has 0 aromatic heterocycles. The highest BCUT2D eigenvalue weighted by molar-refractivity contribution is 5.57. The van der Waals surface area contributed by atoms with E-state index in [0.717, 1.165) is 202 Å². The third kappa shape index (κ3) is 26.2. The van der Waals surface area contributed by atoms with Crippen molar-refractivity contribution in [2.24, 2.45) is 29.6 Å². The van der Waals surface area contributed by atoms with Crippen LogP contribution in [0.5, 0.6) is 57.5 Å². The lowest BCUT2D eigenvalue weighted by Crippen LogP contribution is -2.26. The summed E-state index contributed by atoms with van der Waals surface area (Å²) >= 11 is 0. The average molecular weight is 1550 g/mol. The first kappa shape index (κ1) is 93.2. The van der Waals surface area contributed by atoms with Crippen molar-refractivity contribution in [1.82, 2.24) is 0 Å². The second kappa shape index (κ2) is 44.9. The molecule has 0 spiro atoms. The molecule has 0 saturated carbocycles. The van der Waals surface area contributed by atoms with Gasteiger partial charge in [-0.15, -0.1) is 0 Å². The van der Waals surface area contributed by atoms with Gasteiger partial charge in [-0.3, -0.25) is 0 Å². The van der Waals surface area contributed by atoms with Crippen molar-refractivity contribution in [3.63, 3.8) is 0 Å². The Morgan fingerprint density at radius 1 is 0.327 bits per heavy atom. The molecule has 13 nitrogen and oxygen atoms in total. The fraction of sp³-hybridized carbons (Fsp3) is 0.500. The summed E-state index contributed by atoms with van der Waals surface area (Å²) in [5, 5.41) is 133. The standard InChI is InChI=1S/2C21H30O3.C21H30O2.C20H28O3.C17H22O2/c1-5-6-7-8-15-10-19(23)21(20(24)11-15)17-9-14(4)18(22)12-16(17)13(2)3;1-4-5-6-7-15-11-19(23)21(20(24)12-15)18-10-16(13-22)8-9-17(18)14(2)3;1-5-6-7-8-16-12-19(22)21(20(23)13-16)18-11-15(4)9-10-17(18)14(2)3;1-13(2)16-8-7-14(3)10-17(16)20-18(22)11-15(12-19(20)23)6-4-5-9-21;1-10(2)13-6-5-11(3)7-14(13)17-15(18)8-12(4)9-16(17)19/h9-11,16-18,22-24H,2,5-8,12H2,1,3-4H3;10-12,17-18,22-24H,2,4-9,13H2,1,3H3;11-13,17-18,22-23H,2,5-10H2,1,3-4H3;10-12,16-17,21-23H,1,4-9H2,2-3H3;7-9,13-14,18-19H,1,5-6H2,2-4H3/t16-,17+,18+;2*17-,18+;16-,17+;13-,14+/m00000/s1. The van der Waals surface area contributed by atoms with Crippen molar-refractivity contribution in [3.8, 4) is 57.5 Å². The zero-order valence-corrected chi connectivity index (χ0v) is 70.7. The first-order valence-electron chi connectivity index (χ1n) is 41.9. The van der Waals surface area contributed by atoms with Gasteiger partial charge in [-0.1, -0.05) is 167 Å². The summed E-state index contributed by atoms with van der Waals surface area (Å²) in [5.41, 5.74) is 18.8. The highest BCUT2D eigenvalue weighted by Crippen LogP contribution is 2.52. The molecule has 5 aromatic carbocycles. The molecule has 5 aromatic rings. The smallest absolute Gasteiger partial charge is 0.123 e. The van der Waals surface area contributed by atoms with E-state index in [1.54, 1.807) is 48.5 Å². The quantitative estimate of drug-likeness (QED) is 0.0173. The monoisotopic (exact) mass is 1550 g/mol. The summed E-state index contributed by atoms with van der Waals surface area (Å²) in [6.45, 7) is 47.1. The van der Waals surface area contributed by atoms with Crippen molar-refractivity contribution in [1.29, 1.82) is 0 Å². The van der Waals surface area contributed by atoms with E-state index in [2.05, 4.69) is 92.7 Å². The molecular weight excluding hydrogens is 1410 g/mol. The third-order valence-corrected chi connectivity index (χ3v) is 23.9. The van der Waals surface area contributed by atoms with E-state index < -0.39 is 6.10 Å². The van der Waals surface area contributed by atoms with Crippen LogP contribution in [0.2, 0.25) is 0 Å². The molecule has 0 amide bonds. The molecule has 0 bridgehead atoms. The molecule has 0 fully saturated rings. The Kier molecular flexibility index (Phi) is 37.0. The number of aryl methyl sites for hydroxylation is 5. The van der Waals surface area contributed by atoms with Crippen LogP contribution in [0.4, 0.5) is 0 Å². The van der Waals surface area contributed by atoms with E-state index >= 15 is 0 Å². The Bertz CT molecular complexity index is 3930. The molecular formula is C100H140O13. The van der Waals surface area contributed by atoms with Gasteiger partial charge in [0.15, 0.2) is 0 Å². The number of aliphatic hydroxyl groups excluding tert-OH is 3. The van der Waals surface area contributed by atoms with Crippen molar-refractivity contribution >= 4 is 0 Å². The number of benzene rings is 5. The summed E-state index contributed by atoms with van der Waals surface area (Å²) in [6, 6.07) is 17.7. The topological polar surface area (TPSA) is 263 Å². The van der Waals surface area contributed by atoms with E-state index in [0.29, 0.717) is 34.2 Å². The normalized spacial score (nSPS) is 21.9. The maximum atomic E-state index is 10.6. The fourth-order valence-corrected chi connectivity index (χ4v) is 17.5. The molecule has 0 aliphatic heterocycles. The van der Waals surface area contributed by atoms with Gasteiger partial charge in [0, 0.05) is 64.0 Å². The molecule has 11 atom stereocenters. The van der Waals surface area contributed by atoms with Gasteiger partial charge in [0.1, 0.15) is 57.5 Å². The molecule has 0 radical (unpaired) electrons. The predicted molar refractivity (Wildman–Crippen MR) is 466 cm³/mol. The number of aliphatic hydroxyl groups is 3. The van der Waals surface area contributed by atoms with Gasteiger partial charge >= 0.3 is 0 Å². The lowest BCUT2D eigenvalue weighted by atomic mass is 9.72. The van der Waals surface area contributed by atoms with Gasteiger partial charge < -0.3 is 66.4 Å². The second-order valence-electron chi connectivity index (χ2n) is 33.7. The number of aromatic hydroxyl groups is 10. The van der Waals surface area contributed by atoms with Crippen molar-refractivity contribution in [2.45, 2.75) is 280 Å². The summed E-state index contributed by atoms with van der Waals surface area (Å²) in [4.78, 5) is 0. The van der Waals surface area contributed by atoms with Crippen LogP contribution in [0.3, 0.4) is 0 Å². The molecule has 10 rings (SSSR count). The van der Waals surface area contributed by atoms with Crippen LogP contribution < -0.4 is 0 Å². The average Bonchev–Trinajstić information content (AvgIpc) is 0.812. The van der Waals surface area contributed by atoms with Crippen LogP contribution in [-0.4, -0.2) is 85.7 Å². The number of unbranched alkanes of at least 4 members (excludes halogenated alkanes) is 7. The minimum atomic E-state index is -0.486. The Morgan fingerprint density at radius 3 is 0.832 bits per heavy atom. The summed E-state index contributed by atoms with van der Waals surface area (Å²) in [5.74, 6) is 2.39. The second-order valence-corrected chi connectivity index (χ2v) is 33.7. The van der Waals surface area contributed by atoms with Gasteiger partial charge in [0.05, 0.1) is 12.7 Å². The molecule has 113 heavy (non-hydrogen) atoms. The Balaban J connectivity index is 0.000000220. The highest BCUT2D eigenvalue weighted by atomic mass is 16.3. The summed E-state index contributed by atoms with van der Waals surface area (Å²) < 4.78 is 0. The van der Waals surface area contributed by atoms with Crippen LogP contribution >= 0.6 is 0 Å². The number of rotatable bonds is 27. The van der Waals surface area contributed by atoms with Gasteiger partial charge in [-0.25, -0.2) is 0 Å². The molecule has 0 saturated heterocycles. The van der Waals surface area contributed by atoms with Crippen LogP contribution in [0.15, 0.2) is 180 Å². The van der Waals surface area contributed by atoms with Gasteiger partial charge in [0.25, 0.3) is 0 Å². The Morgan fingerprint density at radius 2 is 0.575 bits per heavy atom. The first-order chi connectivity index (χ1) is 53.6. The number of phenols is 10. The van der Waals surface area contributed by atoms with Crippen LogP contribution in [0, 0.1) is 36.5 Å². The lowest BCUT2D eigenvalue weighted by Gasteiger charge is -2.34. The zero-order valence-electron chi connectivity index (χ0n) is 70.7. The van der Waals surface area contributed by atoms with E-state index in [1.165, 1.54) is 29.6 Å². The van der Waals surface area contributed by atoms with Crippen molar-refractivity contribution < 1.29 is 66.4 Å². The Hall–Kier alpha value is -8.62. The van der Waals surface area contributed by atoms with Crippen molar-refractivity contribution in [2.75, 3.05) is 13.2 Å². The van der Waals surface area contributed by atoms with E-state index in [4.69, 9.17) is 5.11 Å². The number of phenolic OH excluding ortho intramolecular Hbond substituents is 10. The fourth-order valence-electron chi connectivity index (χ4n) is 17.5. The number of hydrogen-bond donors (Lipinski definition) is 13. The molecule has 5 aliphatic carbocycles. The first-order valence-corrected chi connectivity index (χ1v) is 41.9. The molecule has 13 N–H and O–H groups in total. The van der Waals surface area contributed by atoms with Crippen LogP contribution in [-0.2, 0) is 25.7 Å². The Labute approximate surface area is 678 Å². The molecule has 0 heterocycles. The SMILES string of the molecule is C=C(C)[C@@H]1CCC(C)=C[C@H]1c1c(O)cc(C)cc1O.C=C(C)[C@@H]1CCC(C)=C[C@H]1c1c(O)cc(CCCCC)cc1O.C=C(C)[C@@H]1CCC(C)=C[C@H]1c1c(O)cc(CCCCO)cc1O.C=C(C)[C@@H]1CCC(CO)=C[C@H]1c1c(O)cc(CCCCC)cc1O.C=C(C)[C@@H]1C[C@@H](O)C(C)=C[C@H]1c1c(O)cc(CCCCC)cc1O. The molecule has 13 heteroatoms. The van der Waals surface area contributed by atoms with E-state index in [9.17, 15) is 61.3 Å². The number of allylic oxidation sites excluding steroid dienone is 13. The number of hydrogen-bond acceptors (Lipinski definition) is 13. The zero-order chi connectivity index (χ0) is 83.7. The molecule has 0 unspecified atom stereocenters. The van der Waals surface area contributed by atoms with E-state index in [1.807, 2.05) is 72.8 Å². The van der Waals surface area contributed by atoms with Gasteiger partial charge in [-0.2, -0.15) is 0 Å². The summed E-state index contributed by atoms with van der Waals surface area (Å²) in [6.07, 6.45) is 33.5. The minimum absolute atomic E-state index is 0.00596. The van der Waals surface area contributed by atoms with Gasteiger partial charge in [-0.05, 0) is 314 Å². The van der Waals surface area contributed by atoms with E-state index in [-0.39, 0.29) is 130 Å². The molecule has 618 valence electrons. The molecule has 5 aliphatic rings. The maximum absolute atomic E-state index is 10.6. The summed E-state index contributed by atoms with van der Waals surface area (Å²) in [7, 11) is 0. The van der Waals surface area contributed by atoms with Gasteiger partial charge in [0.2, 0.25) is 0 Å². The van der Waals surface area contributed by atoms with Crippen LogP contribution in [0.25, 0.3) is 0 Å². The van der Waals surface area contributed by atoms with Crippen molar-refractivity contribution in [3.05, 3.63) is 235 Å². The third-order valence-electron chi connectivity index (χ3n) is 23.9. The predicted octanol–water partition coefficient (Wildman–Crippen LogP) is 24.3. The largest absolute Gasteiger partial charge is 0.507 e. The maximum Gasteiger partial charge on any atom is 0.123 e. The van der Waals surface area contributed by atoms with Crippen LogP contribution in [0.1, 0.15) is 297 Å².